The van der Waals surface area contributed by atoms with E-state index in [1.165, 1.54) is 29.9 Å². The first-order chi connectivity index (χ1) is 14.4. The molecule has 9 heteroatoms. The summed E-state index contributed by atoms with van der Waals surface area (Å²) in [6.07, 6.45) is -0.520. The van der Waals surface area contributed by atoms with Gasteiger partial charge in [-0.2, -0.15) is 5.10 Å². The van der Waals surface area contributed by atoms with Gasteiger partial charge in [-0.3, -0.25) is 9.48 Å². The summed E-state index contributed by atoms with van der Waals surface area (Å²) in [6, 6.07) is 3.64. The smallest absolute Gasteiger partial charge is 0.408 e. The molecule has 1 aliphatic heterocycles. The molecule has 31 heavy (non-hydrogen) atoms. The van der Waals surface area contributed by atoms with Crippen LogP contribution in [0.3, 0.4) is 0 Å². The number of alkyl carbamates (subject to hydrolysis) is 1. The molecule has 1 aromatic carbocycles. The molecule has 0 aliphatic carbocycles. The predicted octanol–water partition coefficient (Wildman–Crippen LogP) is 4.50. The summed E-state index contributed by atoms with van der Waals surface area (Å²) in [6.45, 7) is 6.71. The molecular weight excluding hydrogens is 406 g/mol. The molecular formula is C22H28F2N4O3. The number of amides is 2. The molecule has 2 bridgehead atoms. The van der Waals surface area contributed by atoms with Crippen LogP contribution in [0, 0.1) is 11.7 Å². The maximum Gasteiger partial charge on any atom is 0.408 e. The van der Waals surface area contributed by atoms with Gasteiger partial charge in [-0.1, -0.05) is 6.92 Å². The third kappa shape index (κ3) is 5.39. The second-order valence-electron chi connectivity index (χ2n) is 8.87. The zero-order valence-corrected chi connectivity index (χ0v) is 18.3. The third-order valence-electron chi connectivity index (χ3n) is 5.17. The summed E-state index contributed by atoms with van der Waals surface area (Å²) in [5.74, 6) is -1.93. The Morgan fingerprint density at radius 3 is 2.68 bits per heavy atom. The number of ether oxygens (including phenoxy) is 1. The molecule has 2 N–H and O–H groups in total. The standard InChI is InChI=1S/C22H28F2N4O3/c1-12-16(24)6-7-17(27-21(30)31-22(2,3)4)13-8-14(10-15(23)9-13)19-18(26-20(12)29)11-25-28(19)5/h8-12,16-17H,6-7H2,1-5H3,(H,26,29)(H,27,30)/t12-,16?,17+/m1/s1. The SMILES string of the molecule is C[C@H]1C(=O)Nc2cnn(C)c2-c2cc(F)cc(c2)[C@@H](NC(=O)OC(C)(C)C)CCC1F. The lowest BCUT2D eigenvalue weighted by atomic mass is 9.93. The fourth-order valence-corrected chi connectivity index (χ4v) is 3.58. The number of benzene rings is 1. The number of nitrogens with zero attached hydrogens (tertiary/aromatic N) is 2. The van der Waals surface area contributed by atoms with Crippen molar-refractivity contribution < 1.29 is 23.1 Å². The zero-order chi connectivity index (χ0) is 22.9. The van der Waals surface area contributed by atoms with Crippen LogP contribution in [0.4, 0.5) is 19.3 Å². The highest BCUT2D eigenvalue weighted by molar-refractivity contribution is 5.96. The first-order valence-corrected chi connectivity index (χ1v) is 10.2. The number of alkyl halides is 1. The minimum absolute atomic E-state index is 0.000788. The Kier molecular flexibility index (Phi) is 6.33. The van der Waals surface area contributed by atoms with Crippen molar-refractivity contribution >= 4 is 17.7 Å². The van der Waals surface area contributed by atoms with Crippen LogP contribution < -0.4 is 10.6 Å². The summed E-state index contributed by atoms with van der Waals surface area (Å²) in [5, 5.41) is 9.58. The summed E-state index contributed by atoms with van der Waals surface area (Å²) in [5.41, 5.74) is 1.07. The molecule has 168 valence electrons. The number of nitrogens with one attached hydrogen (secondary N) is 2. The number of carbonyl (C=O) groups excluding carboxylic acids is 2. The average molecular weight is 434 g/mol. The average Bonchev–Trinajstić information content (AvgIpc) is 3.01. The van der Waals surface area contributed by atoms with E-state index in [1.807, 2.05) is 0 Å². The van der Waals surface area contributed by atoms with E-state index >= 15 is 0 Å². The molecule has 1 aromatic heterocycles. The third-order valence-corrected chi connectivity index (χ3v) is 5.17. The lowest BCUT2D eigenvalue weighted by molar-refractivity contribution is -0.121. The van der Waals surface area contributed by atoms with Crippen molar-refractivity contribution in [3.8, 4) is 11.3 Å². The minimum atomic E-state index is -1.45. The molecule has 0 spiro atoms. The number of rotatable bonds is 1. The van der Waals surface area contributed by atoms with Gasteiger partial charge >= 0.3 is 6.09 Å². The number of aryl methyl sites for hydroxylation is 1. The molecule has 0 radical (unpaired) electrons. The summed E-state index contributed by atoms with van der Waals surface area (Å²) < 4.78 is 36.2. The summed E-state index contributed by atoms with van der Waals surface area (Å²) >= 11 is 0. The molecule has 2 heterocycles. The van der Waals surface area contributed by atoms with Crippen LogP contribution in [0.5, 0.6) is 0 Å². The number of anilines is 1. The normalized spacial score (nSPS) is 21.9. The van der Waals surface area contributed by atoms with E-state index in [9.17, 15) is 18.4 Å². The second-order valence-corrected chi connectivity index (χ2v) is 8.87. The second kappa shape index (κ2) is 8.64. The van der Waals surface area contributed by atoms with E-state index in [2.05, 4.69) is 15.7 Å². The largest absolute Gasteiger partial charge is 0.444 e. The first kappa shape index (κ1) is 22.7. The molecule has 1 aliphatic rings. The Morgan fingerprint density at radius 1 is 1.29 bits per heavy atom. The van der Waals surface area contributed by atoms with Crippen LogP contribution in [0.25, 0.3) is 11.3 Å². The van der Waals surface area contributed by atoms with Gasteiger partial charge in [-0.25, -0.2) is 13.6 Å². The first-order valence-electron chi connectivity index (χ1n) is 10.2. The van der Waals surface area contributed by atoms with Crippen molar-refractivity contribution in [2.45, 2.75) is 58.4 Å². The number of aromatic nitrogens is 2. The van der Waals surface area contributed by atoms with Gasteiger partial charge in [0.15, 0.2) is 0 Å². The van der Waals surface area contributed by atoms with Crippen LogP contribution >= 0.6 is 0 Å². The molecule has 1 unspecified atom stereocenters. The topological polar surface area (TPSA) is 85.3 Å². The summed E-state index contributed by atoms with van der Waals surface area (Å²) in [7, 11) is 1.67. The number of fused-ring (bicyclic) bond motifs is 4. The number of hydrogen-bond acceptors (Lipinski definition) is 4. The maximum atomic E-state index is 14.8. The van der Waals surface area contributed by atoms with Crippen molar-refractivity contribution in [3.63, 3.8) is 0 Å². The van der Waals surface area contributed by atoms with Crippen molar-refractivity contribution in [2.24, 2.45) is 13.0 Å². The maximum absolute atomic E-state index is 14.8. The molecule has 3 atom stereocenters. The van der Waals surface area contributed by atoms with E-state index in [0.717, 1.165) is 0 Å². The van der Waals surface area contributed by atoms with E-state index in [-0.39, 0.29) is 12.8 Å². The number of hydrogen-bond donors (Lipinski definition) is 2. The minimum Gasteiger partial charge on any atom is -0.444 e. The molecule has 0 fully saturated rings. The van der Waals surface area contributed by atoms with Gasteiger partial charge in [-0.05, 0) is 57.4 Å². The van der Waals surface area contributed by atoms with Crippen LogP contribution in [-0.2, 0) is 16.6 Å². The van der Waals surface area contributed by atoms with E-state index in [0.29, 0.717) is 22.5 Å². The highest BCUT2D eigenvalue weighted by atomic mass is 19.1. The molecule has 3 rings (SSSR count). The van der Waals surface area contributed by atoms with Gasteiger partial charge in [-0.15, -0.1) is 0 Å². The monoisotopic (exact) mass is 434 g/mol. The lowest BCUT2D eigenvalue weighted by Crippen LogP contribution is -2.36. The van der Waals surface area contributed by atoms with Crippen molar-refractivity contribution in [1.82, 2.24) is 15.1 Å². The fraction of sp³-hybridized carbons (Fsp3) is 0.500. The van der Waals surface area contributed by atoms with Crippen molar-refractivity contribution in [3.05, 3.63) is 35.8 Å². The van der Waals surface area contributed by atoms with Crippen LogP contribution in [0.1, 0.15) is 52.1 Å². The van der Waals surface area contributed by atoms with E-state index in [4.69, 9.17) is 4.74 Å². The Labute approximate surface area is 180 Å². The van der Waals surface area contributed by atoms with E-state index < -0.39 is 41.6 Å². The van der Waals surface area contributed by atoms with Crippen LogP contribution in [0.2, 0.25) is 0 Å². The van der Waals surface area contributed by atoms with Crippen molar-refractivity contribution in [1.29, 1.82) is 0 Å². The van der Waals surface area contributed by atoms with Gasteiger partial charge < -0.3 is 15.4 Å². The highest BCUT2D eigenvalue weighted by Crippen LogP contribution is 2.33. The Hall–Kier alpha value is -2.97. The highest BCUT2D eigenvalue weighted by Gasteiger charge is 2.29. The van der Waals surface area contributed by atoms with Crippen molar-refractivity contribution in [2.75, 3.05) is 5.32 Å². The number of carbonyl (C=O) groups is 2. The summed E-state index contributed by atoms with van der Waals surface area (Å²) in [4.78, 5) is 25.0. The van der Waals surface area contributed by atoms with Gasteiger partial charge in [0.05, 0.1) is 29.5 Å². The molecule has 2 aromatic rings. The number of halogens is 2. The molecule has 2 amide bonds. The zero-order valence-electron chi connectivity index (χ0n) is 18.3. The molecule has 0 saturated heterocycles. The van der Waals surface area contributed by atoms with Crippen LogP contribution in [-0.4, -0.2) is 33.6 Å². The van der Waals surface area contributed by atoms with Gasteiger partial charge in [0.2, 0.25) is 5.91 Å². The quantitative estimate of drug-likeness (QED) is 0.692. The van der Waals surface area contributed by atoms with Crippen LogP contribution in [0.15, 0.2) is 24.4 Å². The lowest BCUT2D eigenvalue weighted by Gasteiger charge is -2.26. The molecule has 0 saturated carbocycles. The van der Waals surface area contributed by atoms with E-state index in [1.54, 1.807) is 33.9 Å². The molecule has 7 nitrogen and oxygen atoms in total. The predicted molar refractivity (Wildman–Crippen MR) is 113 cm³/mol. The van der Waals surface area contributed by atoms with Gasteiger partial charge in [0.25, 0.3) is 0 Å². The van der Waals surface area contributed by atoms with Gasteiger partial charge in [0.1, 0.15) is 17.6 Å². The Balaban J connectivity index is 2.07. The fourth-order valence-electron chi connectivity index (χ4n) is 3.58. The Morgan fingerprint density at radius 2 is 2.00 bits per heavy atom. The Bertz CT molecular complexity index is 984. The van der Waals surface area contributed by atoms with Gasteiger partial charge in [0, 0.05) is 12.6 Å².